The minimum absolute atomic E-state index is 0.299. The molecule has 0 aliphatic heterocycles. The molecule has 0 amide bonds. The summed E-state index contributed by atoms with van der Waals surface area (Å²) in [5.74, 6) is 0.536. The highest BCUT2D eigenvalue weighted by Crippen LogP contribution is 2.29. The molecule has 2 aromatic heterocycles. The summed E-state index contributed by atoms with van der Waals surface area (Å²) in [6.07, 6.45) is 0.925. The number of nitrogens with zero attached hydrogens (tertiary/aromatic N) is 2. The molecule has 0 atom stereocenters. The minimum Gasteiger partial charge on any atom is -0.368 e. The van der Waals surface area contributed by atoms with Crippen molar-refractivity contribution in [2.24, 2.45) is 0 Å². The standard InChI is InChI=1S/C14H18FN3S/c1-5-6-16-14-12(15)9(3)17-13(18-14)11-7-8(2)19-10(11)4/h7H,5-6H2,1-4H3,(H,16,17,18). The Kier molecular flexibility index (Phi) is 4.14. The highest BCUT2D eigenvalue weighted by atomic mass is 32.1. The summed E-state index contributed by atoms with van der Waals surface area (Å²) in [5.41, 5.74) is 1.37. The first-order valence-electron chi connectivity index (χ1n) is 6.38. The van der Waals surface area contributed by atoms with E-state index in [-0.39, 0.29) is 5.82 Å². The Morgan fingerprint density at radius 1 is 1.26 bits per heavy atom. The van der Waals surface area contributed by atoms with Crippen LogP contribution in [-0.4, -0.2) is 16.5 Å². The van der Waals surface area contributed by atoms with Crippen LogP contribution >= 0.6 is 11.3 Å². The second-order valence-electron chi connectivity index (χ2n) is 4.55. The molecule has 0 aromatic carbocycles. The van der Waals surface area contributed by atoms with Gasteiger partial charge in [-0.1, -0.05) is 6.92 Å². The molecular weight excluding hydrogens is 261 g/mol. The van der Waals surface area contributed by atoms with Crippen LogP contribution in [0.25, 0.3) is 11.4 Å². The number of nitrogens with one attached hydrogen (secondary N) is 1. The van der Waals surface area contributed by atoms with E-state index in [1.54, 1.807) is 18.3 Å². The van der Waals surface area contributed by atoms with E-state index in [0.29, 0.717) is 23.9 Å². The van der Waals surface area contributed by atoms with Crippen LogP contribution in [0, 0.1) is 26.6 Å². The maximum atomic E-state index is 13.9. The van der Waals surface area contributed by atoms with Gasteiger partial charge in [-0.05, 0) is 33.3 Å². The molecule has 102 valence electrons. The molecule has 0 radical (unpaired) electrons. The van der Waals surface area contributed by atoms with Crippen molar-refractivity contribution in [3.8, 4) is 11.4 Å². The molecule has 19 heavy (non-hydrogen) atoms. The third-order valence-electron chi connectivity index (χ3n) is 2.84. The van der Waals surface area contributed by atoms with Gasteiger partial charge in [0.05, 0.1) is 5.69 Å². The molecule has 5 heteroatoms. The van der Waals surface area contributed by atoms with Gasteiger partial charge in [0, 0.05) is 21.9 Å². The number of halogens is 1. The van der Waals surface area contributed by atoms with Crippen LogP contribution in [0.15, 0.2) is 6.07 Å². The van der Waals surface area contributed by atoms with Crippen LogP contribution < -0.4 is 5.32 Å². The Bertz CT molecular complexity index is 593. The first kappa shape index (κ1) is 13.9. The topological polar surface area (TPSA) is 37.8 Å². The van der Waals surface area contributed by atoms with Gasteiger partial charge in [-0.15, -0.1) is 11.3 Å². The van der Waals surface area contributed by atoms with Crippen molar-refractivity contribution in [2.45, 2.75) is 34.1 Å². The lowest BCUT2D eigenvalue weighted by molar-refractivity contribution is 0.605. The zero-order valence-corrected chi connectivity index (χ0v) is 12.5. The number of rotatable bonds is 4. The van der Waals surface area contributed by atoms with E-state index in [4.69, 9.17) is 0 Å². The Balaban J connectivity index is 2.47. The summed E-state index contributed by atoms with van der Waals surface area (Å²) < 4.78 is 13.9. The molecule has 2 heterocycles. The fraction of sp³-hybridized carbons (Fsp3) is 0.429. The fourth-order valence-corrected chi connectivity index (χ4v) is 2.81. The SMILES string of the molecule is CCCNc1nc(-c2cc(C)sc2C)nc(C)c1F. The van der Waals surface area contributed by atoms with Crippen LogP contribution in [-0.2, 0) is 0 Å². The second-order valence-corrected chi connectivity index (χ2v) is 6.01. The number of hydrogen-bond donors (Lipinski definition) is 1. The van der Waals surface area contributed by atoms with Gasteiger partial charge in [0.2, 0.25) is 0 Å². The molecule has 0 spiro atoms. The number of hydrogen-bond acceptors (Lipinski definition) is 4. The van der Waals surface area contributed by atoms with E-state index < -0.39 is 0 Å². The van der Waals surface area contributed by atoms with E-state index in [2.05, 4.69) is 21.4 Å². The van der Waals surface area contributed by atoms with Gasteiger partial charge >= 0.3 is 0 Å². The normalized spacial score (nSPS) is 10.8. The molecular formula is C14H18FN3S. The molecule has 0 unspecified atom stereocenters. The average molecular weight is 279 g/mol. The average Bonchev–Trinajstić information content (AvgIpc) is 2.70. The Morgan fingerprint density at radius 3 is 2.58 bits per heavy atom. The third kappa shape index (κ3) is 2.92. The lowest BCUT2D eigenvalue weighted by atomic mass is 10.2. The maximum absolute atomic E-state index is 13.9. The summed E-state index contributed by atoms with van der Waals surface area (Å²) >= 11 is 1.70. The smallest absolute Gasteiger partial charge is 0.186 e. The summed E-state index contributed by atoms with van der Waals surface area (Å²) in [4.78, 5) is 11.0. The molecule has 2 rings (SSSR count). The predicted molar refractivity (Wildman–Crippen MR) is 78.3 cm³/mol. The van der Waals surface area contributed by atoms with Crippen LogP contribution in [0.4, 0.5) is 10.2 Å². The second kappa shape index (κ2) is 5.65. The van der Waals surface area contributed by atoms with Crippen LogP contribution in [0.1, 0.15) is 28.8 Å². The Hall–Kier alpha value is -1.49. The monoisotopic (exact) mass is 279 g/mol. The Labute approximate surface area is 116 Å². The molecule has 0 aliphatic carbocycles. The van der Waals surface area contributed by atoms with Gasteiger partial charge in [-0.2, -0.15) is 0 Å². The van der Waals surface area contributed by atoms with Crippen molar-refractivity contribution in [1.29, 1.82) is 0 Å². The van der Waals surface area contributed by atoms with Crippen molar-refractivity contribution >= 4 is 17.2 Å². The molecule has 3 nitrogen and oxygen atoms in total. The first-order chi connectivity index (χ1) is 9.02. The predicted octanol–water partition coefficient (Wildman–Crippen LogP) is 4.09. The van der Waals surface area contributed by atoms with Gasteiger partial charge in [0.15, 0.2) is 17.5 Å². The van der Waals surface area contributed by atoms with Crippen molar-refractivity contribution < 1.29 is 4.39 Å². The van der Waals surface area contributed by atoms with E-state index in [0.717, 1.165) is 16.9 Å². The van der Waals surface area contributed by atoms with Crippen molar-refractivity contribution in [3.63, 3.8) is 0 Å². The van der Waals surface area contributed by atoms with Crippen LogP contribution in [0.5, 0.6) is 0 Å². The zero-order valence-electron chi connectivity index (χ0n) is 11.7. The van der Waals surface area contributed by atoms with Crippen molar-refractivity contribution in [3.05, 3.63) is 27.3 Å². The van der Waals surface area contributed by atoms with Crippen molar-refractivity contribution in [1.82, 2.24) is 9.97 Å². The van der Waals surface area contributed by atoms with Crippen LogP contribution in [0.2, 0.25) is 0 Å². The molecule has 0 aliphatic rings. The molecule has 1 N–H and O–H groups in total. The van der Waals surface area contributed by atoms with E-state index >= 15 is 0 Å². The van der Waals surface area contributed by atoms with Gasteiger partial charge < -0.3 is 5.32 Å². The van der Waals surface area contributed by atoms with E-state index in [1.165, 1.54) is 4.88 Å². The molecule has 2 aromatic rings. The number of thiophene rings is 1. The van der Waals surface area contributed by atoms with E-state index in [1.807, 2.05) is 20.8 Å². The fourth-order valence-electron chi connectivity index (χ4n) is 1.89. The first-order valence-corrected chi connectivity index (χ1v) is 7.20. The molecule has 0 saturated carbocycles. The van der Waals surface area contributed by atoms with Gasteiger partial charge in [-0.25, -0.2) is 14.4 Å². The molecule has 0 saturated heterocycles. The number of aromatic nitrogens is 2. The quantitative estimate of drug-likeness (QED) is 0.916. The Morgan fingerprint density at radius 2 is 2.00 bits per heavy atom. The van der Waals surface area contributed by atoms with Gasteiger partial charge in [0.25, 0.3) is 0 Å². The largest absolute Gasteiger partial charge is 0.368 e. The molecule has 0 fully saturated rings. The third-order valence-corrected chi connectivity index (χ3v) is 3.81. The lowest BCUT2D eigenvalue weighted by Gasteiger charge is -2.09. The zero-order chi connectivity index (χ0) is 14.0. The van der Waals surface area contributed by atoms with E-state index in [9.17, 15) is 4.39 Å². The highest BCUT2D eigenvalue weighted by Gasteiger charge is 2.14. The number of aryl methyl sites for hydroxylation is 3. The van der Waals surface area contributed by atoms with Crippen LogP contribution in [0.3, 0.4) is 0 Å². The summed E-state index contributed by atoms with van der Waals surface area (Å²) in [5, 5.41) is 3.02. The summed E-state index contributed by atoms with van der Waals surface area (Å²) in [6, 6.07) is 2.05. The van der Waals surface area contributed by atoms with Gasteiger partial charge in [0.1, 0.15) is 0 Å². The lowest BCUT2D eigenvalue weighted by Crippen LogP contribution is -2.08. The minimum atomic E-state index is -0.359. The van der Waals surface area contributed by atoms with Gasteiger partial charge in [-0.3, -0.25) is 0 Å². The highest BCUT2D eigenvalue weighted by molar-refractivity contribution is 7.12. The summed E-state index contributed by atoms with van der Waals surface area (Å²) in [7, 11) is 0. The molecule has 0 bridgehead atoms. The summed E-state index contributed by atoms with van der Waals surface area (Å²) in [6.45, 7) is 8.49. The number of anilines is 1. The van der Waals surface area contributed by atoms with Crippen molar-refractivity contribution in [2.75, 3.05) is 11.9 Å². The maximum Gasteiger partial charge on any atom is 0.186 e.